The number of hydrogen-bond acceptors (Lipinski definition) is 7. The highest BCUT2D eigenvalue weighted by Gasteiger charge is 2.47. The van der Waals surface area contributed by atoms with Crippen LogP contribution in [0.15, 0.2) is 60.2 Å². The molecule has 8 nitrogen and oxygen atoms in total. The van der Waals surface area contributed by atoms with Gasteiger partial charge in [-0.05, 0) is 79.4 Å². The number of hydrogen-bond donors (Lipinski definition) is 1. The number of carbonyl (C=O) groups excluding carboxylic acids is 2. The molecule has 1 saturated heterocycles. The molecule has 1 N–H and O–H groups in total. The standard InChI is InChI=1S/C31H33NO7/c1-7-13-39-23-12-11-20(15-19(23)3)28(33)26-27(21-16-24(36-4)30(38-6)25(17-21)37-5)32(31(35)29(26)34)22-10-8-9-18(2)14-22/h8-12,14-17,27,33H,7,13H2,1-6H3/b28-26+. The van der Waals surface area contributed by atoms with E-state index in [1.165, 1.54) is 26.2 Å². The zero-order chi connectivity index (χ0) is 28.3. The van der Waals surface area contributed by atoms with Crippen LogP contribution >= 0.6 is 0 Å². The van der Waals surface area contributed by atoms with E-state index >= 15 is 0 Å². The zero-order valence-electron chi connectivity index (χ0n) is 23.0. The molecule has 3 aromatic carbocycles. The molecular weight excluding hydrogens is 498 g/mol. The van der Waals surface area contributed by atoms with Gasteiger partial charge in [-0.3, -0.25) is 14.5 Å². The fourth-order valence-electron chi connectivity index (χ4n) is 4.78. The molecule has 1 aliphatic rings. The summed E-state index contributed by atoms with van der Waals surface area (Å²) in [5, 5.41) is 11.6. The third-order valence-corrected chi connectivity index (χ3v) is 6.64. The molecule has 39 heavy (non-hydrogen) atoms. The van der Waals surface area contributed by atoms with Gasteiger partial charge >= 0.3 is 0 Å². The quantitative estimate of drug-likeness (QED) is 0.214. The number of anilines is 1. The summed E-state index contributed by atoms with van der Waals surface area (Å²) < 4.78 is 22.3. The van der Waals surface area contributed by atoms with Crippen LogP contribution in [0.4, 0.5) is 5.69 Å². The van der Waals surface area contributed by atoms with Crippen LogP contribution in [0.2, 0.25) is 0 Å². The first kappa shape index (κ1) is 27.6. The number of Topliss-reactive ketones (excluding diaryl/α,β-unsaturated/α-hetero) is 1. The molecule has 0 aromatic heterocycles. The zero-order valence-corrected chi connectivity index (χ0v) is 23.0. The Kier molecular flexibility index (Phi) is 8.14. The van der Waals surface area contributed by atoms with Gasteiger partial charge in [0.05, 0.1) is 39.6 Å². The predicted octanol–water partition coefficient (Wildman–Crippen LogP) is 5.74. The Balaban J connectivity index is 1.97. The highest BCUT2D eigenvalue weighted by molar-refractivity contribution is 6.51. The molecule has 4 rings (SSSR count). The molecule has 1 amide bonds. The minimum atomic E-state index is -0.961. The number of carbonyl (C=O) groups is 2. The lowest BCUT2D eigenvalue weighted by molar-refractivity contribution is -0.132. The van der Waals surface area contributed by atoms with Gasteiger partial charge < -0.3 is 24.1 Å². The van der Waals surface area contributed by atoms with E-state index in [0.717, 1.165) is 17.5 Å². The second-order valence-electron chi connectivity index (χ2n) is 9.30. The van der Waals surface area contributed by atoms with E-state index in [4.69, 9.17) is 18.9 Å². The average Bonchev–Trinajstić information content (AvgIpc) is 3.20. The molecule has 1 unspecified atom stereocenters. The third-order valence-electron chi connectivity index (χ3n) is 6.64. The third kappa shape index (κ3) is 5.14. The molecule has 204 valence electrons. The first-order valence-electron chi connectivity index (χ1n) is 12.7. The minimum Gasteiger partial charge on any atom is -0.507 e. The molecular formula is C31H33NO7. The molecule has 1 aliphatic heterocycles. The highest BCUT2D eigenvalue weighted by atomic mass is 16.5. The number of benzene rings is 3. The van der Waals surface area contributed by atoms with Gasteiger partial charge in [-0.25, -0.2) is 0 Å². The number of nitrogens with zero attached hydrogens (tertiary/aromatic N) is 1. The Bertz CT molecular complexity index is 1420. The lowest BCUT2D eigenvalue weighted by Crippen LogP contribution is -2.29. The van der Waals surface area contributed by atoms with Crippen molar-refractivity contribution < 1.29 is 33.6 Å². The van der Waals surface area contributed by atoms with Crippen molar-refractivity contribution in [2.24, 2.45) is 0 Å². The Labute approximate surface area is 228 Å². The topological polar surface area (TPSA) is 94.5 Å². The molecule has 1 atom stereocenters. The van der Waals surface area contributed by atoms with Gasteiger partial charge in [-0.2, -0.15) is 0 Å². The molecule has 1 fully saturated rings. The number of ketones is 1. The summed E-state index contributed by atoms with van der Waals surface area (Å²) in [5.74, 6) is -0.0566. The second kappa shape index (κ2) is 11.5. The maximum Gasteiger partial charge on any atom is 0.300 e. The molecule has 3 aromatic rings. The Morgan fingerprint density at radius 1 is 0.897 bits per heavy atom. The van der Waals surface area contributed by atoms with Gasteiger partial charge in [0, 0.05) is 11.3 Å². The van der Waals surface area contributed by atoms with Crippen molar-refractivity contribution in [1.82, 2.24) is 0 Å². The van der Waals surface area contributed by atoms with Crippen LogP contribution in [0.1, 0.15) is 41.6 Å². The molecule has 1 heterocycles. The average molecular weight is 532 g/mol. The maximum atomic E-state index is 13.6. The van der Waals surface area contributed by atoms with Crippen LogP contribution in [-0.2, 0) is 9.59 Å². The van der Waals surface area contributed by atoms with E-state index in [0.29, 0.717) is 46.4 Å². The number of aryl methyl sites for hydroxylation is 2. The first-order valence-corrected chi connectivity index (χ1v) is 12.7. The molecule has 0 radical (unpaired) electrons. The van der Waals surface area contributed by atoms with E-state index in [2.05, 4.69) is 0 Å². The van der Waals surface area contributed by atoms with Crippen LogP contribution in [0.5, 0.6) is 23.0 Å². The normalized spacial score (nSPS) is 16.4. The lowest BCUT2D eigenvalue weighted by atomic mass is 9.94. The maximum absolute atomic E-state index is 13.6. The molecule has 0 spiro atoms. The van der Waals surface area contributed by atoms with Crippen molar-refractivity contribution >= 4 is 23.1 Å². The van der Waals surface area contributed by atoms with E-state index in [9.17, 15) is 14.7 Å². The molecule has 0 aliphatic carbocycles. The number of ether oxygens (including phenoxy) is 4. The van der Waals surface area contributed by atoms with Crippen LogP contribution in [-0.4, -0.2) is 44.7 Å². The number of aliphatic hydroxyl groups is 1. The number of methoxy groups -OCH3 is 3. The van der Waals surface area contributed by atoms with Gasteiger partial charge in [-0.15, -0.1) is 0 Å². The highest BCUT2D eigenvalue weighted by Crippen LogP contribution is 2.47. The van der Waals surface area contributed by atoms with E-state index < -0.39 is 17.7 Å². The van der Waals surface area contributed by atoms with Gasteiger partial charge in [0.25, 0.3) is 11.7 Å². The summed E-state index contributed by atoms with van der Waals surface area (Å²) in [5.41, 5.74) is 3.09. The largest absolute Gasteiger partial charge is 0.507 e. The Hall–Kier alpha value is -4.46. The van der Waals surface area contributed by atoms with Crippen LogP contribution < -0.4 is 23.8 Å². The number of amides is 1. The molecule has 0 bridgehead atoms. The summed E-state index contributed by atoms with van der Waals surface area (Å²) in [6.45, 7) is 6.35. The van der Waals surface area contributed by atoms with Crippen molar-refractivity contribution in [3.63, 3.8) is 0 Å². The van der Waals surface area contributed by atoms with Crippen molar-refractivity contribution in [3.8, 4) is 23.0 Å². The summed E-state index contributed by atoms with van der Waals surface area (Å²) in [4.78, 5) is 28.5. The summed E-state index contributed by atoms with van der Waals surface area (Å²) in [6, 6.07) is 14.9. The molecule has 8 heteroatoms. The van der Waals surface area contributed by atoms with E-state index in [-0.39, 0.29) is 11.3 Å². The first-order chi connectivity index (χ1) is 18.7. The fourth-order valence-corrected chi connectivity index (χ4v) is 4.78. The predicted molar refractivity (Wildman–Crippen MR) is 149 cm³/mol. The smallest absolute Gasteiger partial charge is 0.300 e. The summed E-state index contributed by atoms with van der Waals surface area (Å²) >= 11 is 0. The van der Waals surface area contributed by atoms with Crippen molar-refractivity contribution in [2.45, 2.75) is 33.2 Å². The van der Waals surface area contributed by atoms with Crippen LogP contribution in [0.3, 0.4) is 0 Å². The number of rotatable bonds is 9. The summed E-state index contributed by atoms with van der Waals surface area (Å²) in [7, 11) is 4.47. The minimum absolute atomic E-state index is 0.0441. The lowest BCUT2D eigenvalue weighted by Gasteiger charge is -2.27. The SMILES string of the molecule is CCCOc1ccc(/C(O)=C2\C(=O)C(=O)N(c3cccc(C)c3)C2c2cc(OC)c(OC)c(OC)c2)cc1C. The second-order valence-corrected chi connectivity index (χ2v) is 9.30. The van der Waals surface area contributed by atoms with Crippen molar-refractivity contribution in [1.29, 1.82) is 0 Å². The van der Waals surface area contributed by atoms with Gasteiger partial charge in [0.15, 0.2) is 11.5 Å². The Morgan fingerprint density at radius 3 is 2.15 bits per heavy atom. The van der Waals surface area contributed by atoms with E-state index in [1.54, 1.807) is 36.4 Å². The van der Waals surface area contributed by atoms with Crippen LogP contribution in [0, 0.1) is 13.8 Å². The van der Waals surface area contributed by atoms with Crippen molar-refractivity contribution in [2.75, 3.05) is 32.8 Å². The molecule has 0 saturated carbocycles. The fraction of sp³-hybridized carbons (Fsp3) is 0.290. The van der Waals surface area contributed by atoms with Gasteiger partial charge in [0.1, 0.15) is 11.5 Å². The van der Waals surface area contributed by atoms with Crippen molar-refractivity contribution in [3.05, 3.63) is 82.4 Å². The monoisotopic (exact) mass is 531 g/mol. The Morgan fingerprint density at radius 2 is 1.59 bits per heavy atom. The van der Waals surface area contributed by atoms with E-state index in [1.807, 2.05) is 39.0 Å². The summed E-state index contributed by atoms with van der Waals surface area (Å²) in [6.07, 6.45) is 0.859. The van der Waals surface area contributed by atoms with Crippen LogP contribution in [0.25, 0.3) is 5.76 Å². The van der Waals surface area contributed by atoms with Gasteiger partial charge in [-0.1, -0.05) is 19.1 Å². The van der Waals surface area contributed by atoms with Gasteiger partial charge in [0.2, 0.25) is 5.75 Å². The number of aliphatic hydroxyl groups excluding tert-OH is 1.